The topological polar surface area (TPSA) is 8.17 Å². The quantitative estimate of drug-likeness (QED) is 0.181. The van der Waals surface area contributed by atoms with Crippen molar-refractivity contribution in [2.75, 3.05) is 4.90 Å². The number of nitrogens with zero attached hydrogens (tertiary/aromatic N) is 2. The molecule has 0 unspecified atom stereocenters. The van der Waals surface area contributed by atoms with Crippen LogP contribution in [0.15, 0.2) is 182 Å². The van der Waals surface area contributed by atoms with E-state index in [-0.39, 0.29) is 0 Å². The lowest BCUT2D eigenvalue weighted by molar-refractivity contribution is 1.20. The molecule has 0 amide bonds. The first kappa shape index (κ1) is 28.4. The van der Waals surface area contributed by atoms with Crippen LogP contribution in [0, 0.1) is 0 Å². The van der Waals surface area contributed by atoms with Gasteiger partial charge in [0.1, 0.15) is 0 Å². The molecule has 9 aromatic carbocycles. The van der Waals surface area contributed by atoms with E-state index in [2.05, 4.69) is 191 Å². The van der Waals surface area contributed by atoms with Crippen molar-refractivity contribution in [3.05, 3.63) is 182 Å². The summed E-state index contributed by atoms with van der Waals surface area (Å²) in [5.41, 5.74) is 7.00. The van der Waals surface area contributed by atoms with Gasteiger partial charge in [-0.3, -0.25) is 0 Å². The van der Waals surface area contributed by atoms with Crippen molar-refractivity contribution in [1.82, 2.24) is 4.57 Å². The van der Waals surface area contributed by atoms with Crippen LogP contribution >= 0.6 is 11.3 Å². The second kappa shape index (κ2) is 11.0. The normalized spacial score (nSPS) is 11.9. The molecule has 11 aromatic rings. The highest BCUT2D eigenvalue weighted by Crippen LogP contribution is 2.46. The average Bonchev–Trinajstić information content (AvgIpc) is 3.73. The maximum atomic E-state index is 2.49. The van der Waals surface area contributed by atoms with Gasteiger partial charge in [-0.05, 0) is 93.7 Å². The molecule has 0 saturated carbocycles. The van der Waals surface area contributed by atoms with Gasteiger partial charge >= 0.3 is 0 Å². The van der Waals surface area contributed by atoms with E-state index in [9.17, 15) is 0 Å². The van der Waals surface area contributed by atoms with Crippen molar-refractivity contribution in [2.24, 2.45) is 0 Å². The Morgan fingerprint density at radius 2 is 0.922 bits per heavy atom. The maximum Gasteiger partial charge on any atom is 0.0548 e. The summed E-state index contributed by atoms with van der Waals surface area (Å²) in [5, 5.41) is 12.6. The standard InChI is InChI=1S/C48H30N2S/c1-3-13-34-28-36(22-20-31(34)10-1)49(37-23-21-32-11-2-4-14-35(32)29-37)38-24-25-43-41(30-38)47-44(26-27-46-48(47)40-17-7-8-19-45(40)51-46)50(43)42-18-9-15-33-12-5-6-16-39(33)42/h1-30H. The third-order valence-electron chi connectivity index (χ3n) is 10.5. The van der Waals surface area contributed by atoms with E-state index >= 15 is 0 Å². The van der Waals surface area contributed by atoms with Gasteiger partial charge < -0.3 is 9.47 Å². The number of hydrogen-bond acceptors (Lipinski definition) is 2. The number of hydrogen-bond donors (Lipinski definition) is 0. The van der Waals surface area contributed by atoms with Gasteiger partial charge in [-0.25, -0.2) is 0 Å². The zero-order valence-electron chi connectivity index (χ0n) is 27.6. The molecule has 11 rings (SSSR count). The number of benzene rings is 9. The van der Waals surface area contributed by atoms with E-state index in [1.807, 2.05) is 11.3 Å². The van der Waals surface area contributed by atoms with Crippen LogP contribution in [0.2, 0.25) is 0 Å². The smallest absolute Gasteiger partial charge is 0.0548 e. The fraction of sp³-hybridized carbons (Fsp3) is 0. The first-order chi connectivity index (χ1) is 25.3. The van der Waals surface area contributed by atoms with Crippen LogP contribution in [-0.4, -0.2) is 4.57 Å². The molecule has 0 aliphatic carbocycles. The van der Waals surface area contributed by atoms with Crippen molar-refractivity contribution >= 4 is 103 Å². The van der Waals surface area contributed by atoms with Gasteiger partial charge in [0.15, 0.2) is 0 Å². The van der Waals surface area contributed by atoms with Crippen molar-refractivity contribution in [3.63, 3.8) is 0 Å². The van der Waals surface area contributed by atoms with E-state index in [0.717, 1.165) is 17.1 Å². The predicted molar refractivity (Wildman–Crippen MR) is 221 cm³/mol. The third-order valence-corrected chi connectivity index (χ3v) is 11.6. The first-order valence-corrected chi connectivity index (χ1v) is 18.2. The Hall–Kier alpha value is -6.42. The molecule has 51 heavy (non-hydrogen) atoms. The number of fused-ring (bicyclic) bond motifs is 10. The van der Waals surface area contributed by atoms with Crippen molar-refractivity contribution < 1.29 is 0 Å². The van der Waals surface area contributed by atoms with Crippen molar-refractivity contribution in [1.29, 1.82) is 0 Å². The molecule has 0 bridgehead atoms. The lowest BCUT2D eigenvalue weighted by Crippen LogP contribution is -2.10. The summed E-state index contributed by atoms with van der Waals surface area (Å²) in [7, 11) is 0. The third kappa shape index (κ3) is 4.35. The van der Waals surface area contributed by atoms with Crippen LogP contribution in [0.5, 0.6) is 0 Å². The second-order valence-electron chi connectivity index (χ2n) is 13.4. The van der Waals surface area contributed by atoms with Gasteiger partial charge in [0.2, 0.25) is 0 Å². The molecule has 0 aliphatic heterocycles. The number of thiophene rings is 1. The molecule has 0 N–H and O–H groups in total. The second-order valence-corrected chi connectivity index (χ2v) is 14.4. The lowest BCUT2D eigenvalue weighted by atomic mass is 10.0. The van der Waals surface area contributed by atoms with Crippen molar-refractivity contribution in [2.45, 2.75) is 0 Å². The average molecular weight is 667 g/mol. The molecule has 0 spiro atoms. The van der Waals surface area contributed by atoms with Crippen LogP contribution in [0.25, 0.3) is 80.0 Å². The van der Waals surface area contributed by atoms with Crippen molar-refractivity contribution in [3.8, 4) is 5.69 Å². The summed E-state index contributed by atoms with van der Waals surface area (Å²) in [6.45, 7) is 0. The van der Waals surface area contributed by atoms with Gasteiger partial charge in [-0.1, -0.05) is 115 Å². The lowest BCUT2D eigenvalue weighted by Gasteiger charge is -2.26. The zero-order chi connectivity index (χ0) is 33.5. The van der Waals surface area contributed by atoms with Gasteiger partial charge in [0.25, 0.3) is 0 Å². The fourth-order valence-corrected chi connectivity index (χ4v) is 9.31. The first-order valence-electron chi connectivity index (χ1n) is 17.4. The summed E-state index contributed by atoms with van der Waals surface area (Å²) in [5.74, 6) is 0. The molecule has 0 fully saturated rings. The van der Waals surface area contributed by atoms with Gasteiger partial charge in [-0.15, -0.1) is 11.3 Å². The highest BCUT2D eigenvalue weighted by molar-refractivity contribution is 7.26. The Labute approximate surface area is 298 Å². The number of rotatable bonds is 4. The van der Waals surface area contributed by atoms with E-state index in [1.165, 1.54) is 80.0 Å². The van der Waals surface area contributed by atoms with E-state index < -0.39 is 0 Å². The fourth-order valence-electron chi connectivity index (χ4n) is 8.19. The molecule has 2 nitrogen and oxygen atoms in total. The Morgan fingerprint density at radius 3 is 1.67 bits per heavy atom. The maximum absolute atomic E-state index is 2.49. The van der Waals surface area contributed by atoms with Gasteiger partial charge in [-0.2, -0.15) is 0 Å². The molecular formula is C48H30N2S. The molecular weight excluding hydrogens is 637 g/mol. The number of aromatic nitrogens is 1. The Balaban J connectivity index is 1.25. The Kier molecular flexibility index (Phi) is 6.16. The highest BCUT2D eigenvalue weighted by Gasteiger charge is 2.21. The molecule has 2 heterocycles. The largest absolute Gasteiger partial charge is 0.310 e. The van der Waals surface area contributed by atoms with Crippen LogP contribution < -0.4 is 4.90 Å². The molecule has 238 valence electrons. The number of anilines is 3. The summed E-state index contributed by atoms with van der Waals surface area (Å²) in [4.78, 5) is 2.42. The van der Waals surface area contributed by atoms with E-state index in [1.54, 1.807) is 0 Å². The van der Waals surface area contributed by atoms with E-state index in [4.69, 9.17) is 0 Å². The zero-order valence-corrected chi connectivity index (χ0v) is 28.4. The van der Waals surface area contributed by atoms with Crippen LogP contribution in [0.1, 0.15) is 0 Å². The molecule has 0 aliphatic rings. The van der Waals surface area contributed by atoms with Gasteiger partial charge in [0, 0.05) is 53.4 Å². The minimum Gasteiger partial charge on any atom is -0.310 e. The van der Waals surface area contributed by atoms with E-state index in [0.29, 0.717) is 0 Å². The van der Waals surface area contributed by atoms with Crippen LogP contribution in [0.4, 0.5) is 17.1 Å². The monoisotopic (exact) mass is 666 g/mol. The molecule has 0 saturated heterocycles. The Bertz CT molecular complexity index is 3080. The summed E-state index contributed by atoms with van der Waals surface area (Å²) in [6.07, 6.45) is 0. The predicted octanol–water partition coefficient (Wildman–Crippen LogP) is 14.1. The Morgan fingerprint density at radius 1 is 0.353 bits per heavy atom. The van der Waals surface area contributed by atoms with Gasteiger partial charge in [0.05, 0.1) is 16.7 Å². The molecule has 0 atom stereocenters. The molecule has 0 radical (unpaired) electrons. The minimum absolute atomic E-state index is 1.13. The molecule has 2 aromatic heterocycles. The molecule has 3 heteroatoms. The van der Waals surface area contributed by atoms with Crippen LogP contribution in [-0.2, 0) is 0 Å². The minimum atomic E-state index is 1.13. The summed E-state index contributed by atoms with van der Waals surface area (Å²) in [6, 6.07) is 66.8. The van der Waals surface area contributed by atoms with Crippen LogP contribution in [0.3, 0.4) is 0 Å². The highest BCUT2D eigenvalue weighted by atomic mass is 32.1. The summed E-state index contributed by atoms with van der Waals surface area (Å²) >= 11 is 1.88. The summed E-state index contributed by atoms with van der Waals surface area (Å²) < 4.78 is 5.11. The SMILES string of the molecule is c1ccc2cc(N(c3ccc4ccccc4c3)c3ccc4c(c3)c3c5c(ccc3n4-c3cccc4ccccc34)sc3ccccc35)ccc2c1.